The van der Waals surface area contributed by atoms with E-state index >= 15 is 0 Å². The zero-order valence-electron chi connectivity index (χ0n) is 9.75. The number of methoxy groups -OCH3 is 1. The summed E-state index contributed by atoms with van der Waals surface area (Å²) in [7, 11) is 1.63. The molecule has 0 saturated carbocycles. The summed E-state index contributed by atoms with van der Waals surface area (Å²) in [4.78, 5) is 0. The third kappa shape index (κ3) is 3.48. The van der Waals surface area contributed by atoms with Crippen LogP contribution in [-0.2, 0) is 6.54 Å². The zero-order valence-corrected chi connectivity index (χ0v) is 9.75. The topological polar surface area (TPSA) is 44.5 Å². The fourth-order valence-corrected chi connectivity index (χ4v) is 1.30. The van der Waals surface area contributed by atoms with Crippen LogP contribution in [-0.4, -0.2) is 13.7 Å². The minimum atomic E-state index is 0.457. The van der Waals surface area contributed by atoms with E-state index in [0.717, 1.165) is 23.5 Å². The van der Waals surface area contributed by atoms with Gasteiger partial charge in [0.25, 0.3) is 0 Å². The molecule has 0 atom stereocenters. The fourth-order valence-electron chi connectivity index (χ4n) is 1.30. The van der Waals surface area contributed by atoms with Gasteiger partial charge in [0.1, 0.15) is 11.5 Å². The first-order valence-corrected chi connectivity index (χ1v) is 5.21. The zero-order chi connectivity index (χ0) is 11.8. The van der Waals surface area contributed by atoms with Crippen molar-refractivity contribution in [2.75, 3.05) is 13.7 Å². The summed E-state index contributed by atoms with van der Waals surface area (Å²) in [6.45, 7) is 2.84. The first-order valence-electron chi connectivity index (χ1n) is 5.21. The van der Waals surface area contributed by atoms with Crippen molar-refractivity contribution in [3.63, 3.8) is 0 Å². The predicted molar refractivity (Wildman–Crippen MR) is 64.4 cm³/mol. The van der Waals surface area contributed by atoms with E-state index < -0.39 is 0 Å². The van der Waals surface area contributed by atoms with Gasteiger partial charge in [-0.2, -0.15) is 0 Å². The van der Waals surface area contributed by atoms with E-state index in [0.29, 0.717) is 13.2 Å². The minimum absolute atomic E-state index is 0.457. The molecule has 3 nitrogen and oxygen atoms in total. The van der Waals surface area contributed by atoms with Gasteiger partial charge in [0.15, 0.2) is 0 Å². The molecule has 1 aromatic rings. The van der Waals surface area contributed by atoms with Crippen molar-refractivity contribution in [2.45, 2.75) is 19.9 Å². The average molecular weight is 219 g/mol. The largest absolute Gasteiger partial charge is 0.497 e. The van der Waals surface area contributed by atoms with E-state index in [9.17, 15) is 0 Å². The van der Waals surface area contributed by atoms with Gasteiger partial charge in [0.2, 0.25) is 0 Å². The van der Waals surface area contributed by atoms with Crippen molar-refractivity contribution in [3.05, 3.63) is 23.8 Å². The van der Waals surface area contributed by atoms with Crippen molar-refractivity contribution in [1.82, 2.24) is 0 Å². The molecule has 1 rings (SSSR count). The summed E-state index contributed by atoms with van der Waals surface area (Å²) in [6.07, 6.45) is 0.720. The number of rotatable bonds is 5. The van der Waals surface area contributed by atoms with Crippen LogP contribution in [0.15, 0.2) is 18.2 Å². The predicted octanol–water partition coefficient (Wildman–Crippen LogP) is 1.95. The first-order chi connectivity index (χ1) is 7.81. The normalized spacial score (nSPS) is 9.19. The van der Waals surface area contributed by atoms with E-state index in [4.69, 9.17) is 15.2 Å². The maximum atomic E-state index is 5.62. The Kier molecular flexibility index (Phi) is 5.24. The highest BCUT2D eigenvalue weighted by molar-refractivity contribution is 5.40. The van der Waals surface area contributed by atoms with Crippen molar-refractivity contribution < 1.29 is 9.47 Å². The molecule has 0 amide bonds. The first kappa shape index (κ1) is 12.4. The lowest BCUT2D eigenvalue weighted by molar-refractivity contribution is 0.320. The molecule has 0 heterocycles. The molecule has 0 aliphatic rings. The lowest BCUT2D eigenvalue weighted by Gasteiger charge is -2.10. The van der Waals surface area contributed by atoms with E-state index in [1.807, 2.05) is 25.1 Å². The van der Waals surface area contributed by atoms with E-state index in [2.05, 4.69) is 11.8 Å². The van der Waals surface area contributed by atoms with Gasteiger partial charge >= 0.3 is 0 Å². The lowest BCUT2D eigenvalue weighted by Crippen LogP contribution is -2.03. The molecule has 0 fully saturated rings. The fraction of sp³-hybridized carbons (Fsp3) is 0.385. The summed E-state index contributed by atoms with van der Waals surface area (Å²) in [6, 6.07) is 5.64. The number of benzene rings is 1. The SMILES string of the molecule is CC#CCCOc1cc(OC)ccc1CN. The van der Waals surface area contributed by atoms with Gasteiger partial charge in [-0.25, -0.2) is 0 Å². The van der Waals surface area contributed by atoms with Gasteiger partial charge in [-0.3, -0.25) is 0 Å². The van der Waals surface area contributed by atoms with Gasteiger partial charge in [0.05, 0.1) is 13.7 Å². The van der Waals surface area contributed by atoms with Gasteiger partial charge in [-0.05, 0) is 13.0 Å². The van der Waals surface area contributed by atoms with Gasteiger partial charge in [-0.15, -0.1) is 11.8 Å². The Hall–Kier alpha value is -1.66. The Morgan fingerprint density at radius 2 is 2.19 bits per heavy atom. The molecular weight excluding hydrogens is 202 g/mol. The molecule has 0 spiro atoms. The molecule has 0 aromatic heterocycles. The second kappa shape index (κ2) is 6.76. The van der Waals surface area contributed by atoms with Crippen LogP contribution >= 0.6 is 0 Å². The van der Waals surface area contributed by atoms with Crippen LogP contribution < -0.4 is 15.2 Å². The van der Waals surface area contributed by atoms with Crippen LogP contribution in [0.1, 0.15) is 18.9 Å². The molecule has 0 bridgehead atoms. The monoisotopic (exact) mass is 219 g/mol. The quantitative estimate of drug-likeness (QED) is 0.608. The molecule has 0 radical (unpaired) electrons. The molecule has 0 aliphatic carbocycles. The Bertz CT molecular complexity index is 391. The van der Waals surface area contributed by atoms with Gasteiger partial charge in [-0.1, -0.05) is 6.07 Å². The Morgan fingerprint density at radius 1 is 1.38 bits per heavy atom. The Morgan fingerprint density at radius 3 is 2.81 bits per heavy atom. The molecule has 0 unspecified atom stereocenters. The second-order valence-corrected chi connectivity index (χ2v) is 3.20. The summed E-state index contributed by atoms with van der Waals surface area (Å²) in [5.74, 6) is 7.32. The van der Waals surface area contributed by atoms with E-state index in [1.165, 1.54) is 0 Å². The number of hydrogen-bond acceptors (Lipinski definition) is 3. The number of hydrogen-bond donors (Lipinski definition) is 1. The van der Waals surface area contributed by atoms with Gasteiger partial charge in [0, 0.05) is 24.6 Å². The highest BCUT2D eigenvalue weighted by atomic mass is 16.5. The molecule has 0 saturated heterocycles. The second-order valence-electron chi connectivity index (χ2n) is 3.20. The smallest absolute Gasteiger partial charge is 0.127 e. The van der Waals surface area contributed by atoms with Crippen LogP contribution in [0.2, 0.25) is 0 Å². The molecule has 86 valence electrons. The van der Waals surface area contributed by atoms with Gasteiger partial charge < -0.3 is 15.2 Å². The third-order valence-corrected chi connectivity index (χ3v) is 2.16. The third-order valence-electron chi connectivity index (χ3n) is 2.16. The maximum Gasteiger partial charge on any atom is 0.127 e. The maximum absolute atomic E-state index is 5.62. The molecule has 3 heteroatoms. The van der Waals surface area contributed by atoms with Crippen LogP contribution in [0.3, 0.4) is 0 Å². The van der Waals surface area contributed by atoms with Crippen LogP contribution in [0, 0.1) is 11.8 Å². The molecular formula is C13H17NO2. The highest BCUT2D eigenvalue weighted by Crippen LogP contribution is 2.24. The average Bonchev–Trinajstić information content (AvgIpc) is 2.34. The standard InChI is InChI=1S/C13H17NO2/c1-3-4-5-8-16-13-9-12(15-2)7-6-11(13)10-14/h6-7,9H,5,8,10,14H2,1-2H3. The minimum Gasteiger partial charge on any atom is -0.497 e. The summed E-state index contributed by atoms with van der Waals surface area (Å²) in [5.41, 5.74) is 6.60. The summed E-state index contributed by atoms with van der Waals surface area (Å²) in [5, 5.41) is 0. The lowest BCUT2D eigenvalue weighted by atomic mass is 10.2. The van der Waals surface area contributed by atoms with E-state index in [1.54, 1.807) is 7.11 Å². The Labute approximate surface area is 96.6 Å². The van der Waals surface area contributed by atoms with Crippen molar-refractivity contribution in [1.29, 1.82) is 0 Å². The van der Waals surface area contributed by atoms with Crippen LogP contribution in [0.4, 0.5) is 0 Å². The van der Waals surface area contributed by atoms with Crippen LogP contribution in [0.5, 0.6) is 11.5 Å². The number of nitrogens with two attached hydrogens (primary N) is 1. The molecule has 1 aromatic carbocycles. The van der Waals surface area contributed by atoms with Crippen molar-refractivity contribution in [2.24, 2.45) is 5.73 Å². The molecule has 0 aliphatic heterocycles. The highest BCUT2D eigenvalue weighted by Gasteiger charge is 2.03. The van der Waals surface area contributed by atoms with Crippen molar-refractivity contribution >= 4 is 0 Å². The molecule has 2 N–H and O–H groups in total. The molecule has 16 heavy (non-hydrogen) atoms. The van der Waals surface area contributed by atoms with Crippen LogP contribution in [0.25, 0.3) is 0 Å². The summed E-state index contributed by atoms with van der Waals surface area (Å²) >= 11 is 0. The van der Waals surface area contributed by atoms with Crippen molar-refractivity contribution in [3.8, 4) is 23.3 Å². The summed E-state index contributed by atoms with van der Waals surface area (Å²) < 4.78 is 10.7. The number of ether oxygens (including phenoxy) is 2. The van der Waals surface area contributed by atoms with E-state index in [-0.39, 0.29) is 0 Å². The Balaban J connectivity index is 2.69.